The van der Waals surface area contributed by atoms with Crippen molar-refractivity contribution in [2.45, 2.75) is 39.5 Å². The van der Waals surface area contributed by atoms with Crippen LogP contribution in [-0.4, -0.2) is 7.11 Å². The molecule has 0 radical (unpaired) electrons. The van der Waals surface area contributed by atoms with E-state index in [1.54, 1.807) is 36.4 Å². The second kappa shape index (κ2) is 11.4. The molecule has 0 bridgehead atoms. The number of hydrogen-bond acceptors (Lipinski definition) is 1. The minimum absolute atomic E-state index is 0.110. The van der Waals surface area contributed by atoms with Gasteiger partial charge in [0.05, 0.1) is 7.11 Å². The van der Waals surface area contributed by atoms with Crippen molar-refractivity contribution in [3.8, 4) is 17.6 Å². The van der Waals surface area contributed by atoms with E-state index in [9.17, 15) is 13.2 Å². The van der Waals surface area contributed by atoms with Crippen molar-refractivity contribution in [2.75, 3.05) is 7.11 Å². The molecule has 0 atom stereocenters. The predicted octanol–water partition coefficient (Wildman–Crippen LogP) is 8.04. The quantitative estimate of drug-likeness (QED) is 0.202. The largest absolute Gasteiger partial charge is 0.495 e. The molecule has 0 saturated heterocycles. The molecule has 3 aromatic carbocycles. The Hall–Kier alpha value is -3.45. The highest BCUT2D eigenvalue weighted by Crippen LogP contribution is 2.29. The fourth-order valence-electron chi connectivity index (χ4n) is 3.43. The normalized spacial score (nSPS) is 11.5. The van der Waals surface area contributed by atoms with E-state index in [2.05, 4.69) is 18.8 Å². The molecule has 0 amide bonds. The van der Waals surface area contributed by atoms with Gasteiger partial charge >= 0.3 is 0 Å². The van der Waals surface area contributed by atoms with Crippen molar-refractivity contribution < 1.29 is 17.9 Å². The van der Waals surface area contributed by atoms with Crippen LogP contribution in [0.25, 0.3) is 11.7 Å². The lowest BCUT2D eigenvalue weighted by Crippen LogP contribution is -1.96. The molecule has 33 heavy (non-hydrogen) atoms. The SMILES string of the molecule is CCCCCc1cc(F)c(C#Cc2ccc(/C(F)=C(\F)c3ccc(C)cc3)cc2)c(OC)c1. The van der Waals surface area contributed by atoms with Crippen LogP contribution in [0.4, 0.5) is 13.2 Å². The minimum atomic E-state index is -0.940. The maximum absolute atomic E-state index is 14.7. The zero-order chi connectivity index (χ0) is 23.8. The van der Waals surface area contributed by atoms with Crippen LogP contribution in [0.5, 0.6) is 5.75 Å². The molecule has 0 saturated carbocycles. The lowest BCUT2D eigenvalue weighted by Gasteiger charge is -2.08. The Bertz CT molecular complexity index is 1180. The van der Waals surface area contributed by atoms with Gasteiger partial charge in [-0.15, -0.1) is 0 Å². The van der Waals surface area contributed by atoms with Gasteiger partial charge in [-0.05, 0) is 49.6 Å². The summed E-state index contributed by atoms with van der Waals surface area (Å²) in [6, 6.07) is 15.9. The Balaban J connectivity index is 1.81. The third kappa shape index (κ3) is 6.29. The molecule has 170 valence electrons. The Morgan fingerprint density at radius 3 is 2.03 bits per heavy atom. The number of hydrogen-bond donors (Lipinski definition) is 0. The van der Waals surface area contributed by atoms with Gasteiger partial charge in [0, 0.05) is 16.7 Å². The molecule has 0 spiro atoms. The molecule has 0 heterocycles. The van der Waals surface area contributed by atoms with Gasteiger partial charge in [0.25, 0.3) is 0 Å². The Kier molecular flexibility index (Phi) is 8.38. The average molecular weight is 449 g/mol. The lowest BCUT2D eigenvalue weighted by atomic mass is 10.0. The summed E-state index contributed by atoms with van der Waals surface area (Å²) in [4.78, 5) is 0. The van der Waals surface area contributed by atoms with E-state index in [4.69, 9.17) is 4.74 Å². The first-order valence-electron chi connectivity index (χ1n) is 11.0. The molecule has 0 unspecified atom stereocenters. The Labute approximate surface area is 193 Å². The highest BCUT2D eigenvalue weighted by atomic mass is 19.2. The van der Waals surface area contributed by atoms with E-state index in [1.165, 1.54) is 25.3 Å². The van der Waals surface area contributed by atoms with Gasteiger partial charge in [-0.2, -0.15) is 0 Å². The van der Waals surface area contributed by atoms with Crippen LogP contribution >= 0.6 is 0 Å². The molecule has 3 rings (SSSR count). The van der Waals surface area contributed by atoms with E-state index < -0.39 is 17.5 Å². The highest BCUT2D eigenvalue weighted by Gasteiger charge is 2.12. The molecule has 0 aromatic heterocycles. The number of methoxy groups -OCH3 is 1. The number of rotatable bonds is 7. The van der Waals surface area contributed by atoms with E-state index in [-0.39, 0.29) is 16.7 Å². The summed E-state index contributed by atoms with van der Waals surface area (Å²) >= 11 is 0. The van der Waals surface area contributed by atoms with Crippen molar-refractivity contribution in [3.63, 3.8) is 0 Å². The van der Waals surface area contributed by atoms with E-state index in [0.717, 1.165) is 36.8 Å². The topological polar surface area (TPSA) is 9.23 Å². The van der Waals surface area contributed by atoms with E-state index >= 15 is 0 Å². The number of ether oxygens (including phenoxy) is 1. The van der Waals surface area contributed by atoms with Crippen LogP contribution in [0.2, 0.25) is 0 Å². The molecule has 0 aliphatic heterocycles. The van der Waals surface area contributed by atoms with E-state index in [1.807, 2.05) is 13.0 Å². The number of benzene rings is 3. The van der Waals surface area contributed by atoms with Crippen LogP contribution in [0.3, 0.4) is 0 Å². The predicted molar refractivity (Wildman–Crippen MR) is 129 cm³/mol. The minimum Gasteiger partial charge on any atom is -0.495 e. The number of aryl methyl sites for hydroxylation is 2. The van der Waals surface area contributed by atoms with Gasteiger partial charge < -0.3 is 4.74 Å². The molecular formula is C29H27F3O. The van der Waals surface area contributed by atoms with Gasteiger partial charge in [-0.3, -0.25) is 0 Å². The van der Waals surface area contributed by atoms with Crippen molar-refractivity contribution in [3.05, 3.63) is 99.9 Å². The summed E-state index contributed by atoms with van der Waals surface area (Å²) < 4.78 is 49.1. The smallest absolute Gasteiger partial charge is 0.166 e. The van der Waals surface area contributed by atoms with Crippen molar-refractivity contribution >= 4 is 11.7 Å². The summed E-state index contributed by atoms with van der Waals surface area (Å²) in [6.07, 6.45) is 3.97. The first-order chi connectivity index (χ1) is 15.9. The third-order valence-corrected chi connectivity index (χ3v) is 5.37. The van der Waals surface area contributed by atoms with Crippen LogP contribution in [-0.2, 0) is 6.42 Å². The standard InChI is InChI=1S/C29H27F3O/c1-4-5-6-7-22-18-26(30)25(27(19-22)33-3)17-12-21-10-15-24(16-11-21)29(32)28(31)23-13-8-20(2)9-14-23/h8-11,13-16,18-19H,4-7H2,1-3H3/b29-28+. The number of halogens is 3. The van der Waals surface area contributed by atoms with Crippen LogP contribution in [0, 0.1) is 24.6 Å². The summed E-state index contributed by atoms with van der Waals surface area (Å²) in [5, 5.41) is 0. The van der Waals surface area contributed by atoms with Gasteiger partial charge in [-0.25, -0.2) is 13.2 Å². The molecular weight excluding hydrogens is 421 g/mol. The van der Waals surface area contributed by atoms with Gasteiger partial charge in [0.2, 0.25) is 0 Å². The lowest BCUT2D eigenvalue weighted by molar-refractivity contribution is 0.409. The zero-order valence-corrected chi connectivity index (χ0v) is 19.1. The van der Waals surface area contributed by atoms with E-state index in [0.29, 0.717) is 11.3 Å². The number of unbranched alkanes of at least 4 members (excludes halogenated alkanes) is 2. The van der Waals surface area contributed by atoms with Crippen molar-refractivity contribution in [1.82, 2.24) is 0 Å². The summed E-state index contributed by atoms with van der Waals surface area (Å²) in [7, 11) is 1.49. The highest BCUT2D eigenvalue weighted by molar-refractivity contribution is 5.83. The van der Waals surface area contributed by atoms with Crippen LogP contribution in [0.15, 0.2) is 60.7 Å². The fourth-order valence-corrected chi connectivity index (χ4v) is 3.43. The van der Waals surface area contributed by atoms with Gasteiger partial charge in [0.15, 0.2) is 11.7 Å². The second-order valence-corrected chi connectivity index (χ2v) is 7.93. The molecule has 4 heteroatoms. The molecule has 0 aliphatic rings. The fraction of sp³-hybridized carbons (Fsp3) is 0.241. The molecule has 0 N–H and O–H groups in total. The van der Waals surface area contributed by atoms with Gasteiger partial charge in [-0.1, -0.05) is 73.6 Å². The molecule has 1 nitrogen and oxygen atoms in total. The average Bonchev–Trinajstić information content (AvgIpc) is 2.83. The van der Waals surface area contributed by atoms with Crippen LogP contribution in [0.1, 0.15) is 59.6 Å². The maximum Gasteiger partial charge on any atom is 0.166 e. The first-order valence-corrected chi connectivity index (χ1v) is 11.0. The Morgan fingerprint density at radius 2 is 1.45 bits per heavy atom. The zero-order valence-electron chi connectivity index (χ0n) is 19.1. The molecule has 0 fully saturated rings. The maximum atomic E-state index is 14.7. The Morgan fingerprint density at radius 1 is 0.848 bits per heavy atom. The van der Waals surface area contributed by atoms with Gasteiger partial charge in [0.1, 0.15) is 17.1 Å². The first kappa shape index (κ1) is 24.2. The molecule has 0 aliphatic carbocycles. The monoisotopic (exact) mass is 448 g/mol. The van der Waals surface area contributed by atoms with Crippen molar-refractivity contribution in [2.24, 2.45) is 0 Å². The summed E-state index contributed by atoms with van der Waals surface area (Å²) in [6.45, 7) is 4.00. The van der Waals surface area contributed by atoms with Crippen LogP contribution < -0.4 is 4.74 Å². The summed E-state index contributed by atoms with van der Waals surface area (Å²) in [5.74, 6) is 3.80. The second-order valence-electron chi connectivity index (χ2n) is 7.93. The molecule has 3 aromatic rings. The van der Waals surface area contributed by atoms with Crippen molar-refractivity contribution in [1.29, 1.82) is 0 Å². The third-order valence-electron chi connectivity index (χ3n) is 5.37. The summed E-state index contributed by atoms with van der Waals surface area (Å²) in [5.41, 5.74) is 2.87.